The van der Waals surface area contributed by atoms with E-state index in [1.807, 2.05) is 56.1 Å². The summed E-state index contributed by atoms with van der Waals surface area (Å²) in [5.41, 5.74) is 7.68. The summed E-state index contributed by atoms with van der Waals surface area (Å²) in [6.45, 7) is 3.71. The molecule has 28 heavy (non-hydrogen) atoms. The van der Waals surface area contributed by atoms with Crippen molar-refractivity contribution in [3.63, 3.8) is 0 Å². The maximum atomic E-state index is 8.19. The zero-order valence-corrected chi connectivity index (χ0v) is 16.7. The zero-order valence-electron chi connectivity index (χ0n) is 15.9. The van der Waals surface area contributed by atoms with E-state index in [2.05, 4.69) is 16.8 Å². The Morgan fingerprint density at radius 1 is 1.25 bits per heavy atom. The summed E-state index contributed by atoms with van der Waals surface area (Å²) in [5, 5.41) is 17.1. The van der Waals surface area contributed by atoms with Gasteiger partial charge in [0.05, 0.1) is 17.4 Å². The van der Waals surface area contributed by atoms with E-state index in [4.69, 9.17) is 28.2 Å². The second-order valence-corrected chi connectivity index (χ2v) is 7.44. The molecule has 6 nitrogen and oxygen atoms in total. The Hall–Kier alpha value is -3.14. The summed E-state index contributed by atoms with van der Waals surface area (Å²) in [6.07, 6.45) is 1.06. The Labute approximate surface area is 168 Å². The van der Waals surface area contributed by atoms with Crippen LogP contribution in [0.5, 0.6) is 0 Å². The van der Waals surface area contributed by atoms with Crippen LogP contribution < -0.4 is 16.3 Å². The molecule has 0 bridgehead atoms. The molecule has 0 radical (unpaired) electrons. The number of benzene rings is 2. The molecule has 0 atom stereocenters. The Morgan fingerprint density at radius 3 is 2.68 bits per heavy atom. The van der Waals surface area contributed by atoms with Crippen LogP contribution in [0, 0.1) is 22.7 Å². The number of rotatable bonds is 3. The largest absolute Gasteiger partial charge is 0.329 e. The van der Waals surface area contributed by atoms with Crippen molar-refractivity contribution < 1.29 is 0 Å². The van der Waals surface area contributed by atoms with Crippen molar-refractivity contribution in [3.05, 3.63) is 58.7 Å². The van der Waals surface area contributed by atoms with Gasteiger partial charge in [-0.1, -0.05) is 29.5 Å². The van der Waals surface area contributed by atoms with Crippen molar-refractivity contribution in [3.8, 4) is 11.8 Å². The maximum Gasteiger partial charge on any atom is 0.229 e. The first-order valence-electron chi connectivity index (χ1n) is 8.62. The number of hydrogen-bond donors (Lipinski definition) is 3. The van der Waals surface area contributed by atoms with Crippen molar-refractivity contribution in [2.75, 3.05) is 11.9 Å². The number of aromatic nitrogens is 2. The van der Waals surface area contributed by atoms with Gasteiger partial charge in [0.15, 0.2) is 0 Å². The Bertz CT molecular complexity index is 1180. The Morgan fingerprint density at radius 2 is 2.00 bits per heavy atom. The van der Waals surface area contributed by atoms with E-state index in [9.17, 15) is 0 Å². The second kappa shape index (κ2) is 7.47. The highest BCUT2D eigenvalue weighted by molar-refractivity contribution is 6.31. The van der Waals surface area contributed by atoms with Crippen LogP contribution in [0.25, 0.3) is 10.9 Å². The van der Waals surface area contributed by atoms with E-state index < -0.39 is 5.54 Å². The molecular formula is C21H21ClN6. The molecule has 0 aliphatic carbocycles. The summed E-state index contributed by atoms with van der Waals surface area (Å²) in [7, 11) is 1.88. The minimum absolute atomic E-state index is 0.0487. The molecule has 0 saturated heterocycles. The van der Waals surface area contributed by atoms with Crippen LogP contribution in [0.3, 0.4) is 0 Å². The summed E-state index contributed by atoms with van der Waals surface area (Å²) in [4.78, 5) is 6.29. The molecule has 1 heterocycles. The minimum Gasteiger partial charge on any atom is -0.329 e. The van der Waals surface area contributed by atoms with Crippen molar-refractivity contribution >= 4 is 40.3 Å². The average Bonchev–Trinajstić information content (AvgIpc) is 2.65. The maximum absolute atomic E-state index is 8.19. The summed E-state index contributed by atoms with van der Waals surface area (Å²) in [6, 6.07) is 13.1. The summed E-state index contributed by atoms with van der Waals surface area (Å²) >= 11 is 6.13. The molecule has 0 saturated carbocycles. The molecule has 142 valence electrons. The van der Waals surface area contributed by atoms with Crippen LogP contribution in [0.15, 0.2) is 42.5 Å². The van der Waals surface area contributed by atoms with E-state index in [1.54, 1.807) is 12.1 Å². The van der Waals surface area contributed by atoms with E-state index in [0.29, 0.717) is 16.4 Å². The van der Waals surface area contributed by atoms with Gasteiger partial charge in [0.1, 0.15) is 5.82 Å². The highest BCUT2D eigenvalue weighted by Gasteiger charge is 2.14. The lowest BCUT2D eigenvalue weighted by atomic mass is 10.1. The predicted octanol–water partition coefficient (Wildman–Crippen LogP) is 3.48. The van der Waals surface area contributed by atoms with Gasteiger partial charge in [-0.2, -0.15) is 4.98 Å². The number of nitrogens with zero attached hydrogens (tertiary/aromatic N) is 3. The molecular weight excluding hydrogens is 372 g/mol. The molecule has 4 N–H and O–H groups in total. The second-order valence-electron chi connectivity index (χ2n) is 7.00. The van der Waals surface area contributed by atoms with E-state index >= 15 is 0 Å². The van der Waals surface area contributed by atoms with Crippen LogP contribution in [-0.4, -0.2) is 28.5 Å². The quantitative estimate of drug-likeness (QED) is 0.361. The van der Waals surface area contributed by atoms with Crippen LogP contribution in [0.4, 0.5) is 11.5 Å². The number of halogens is 1. The molecule has 0 fully saturated rings. The molecule has 0 aliphatic heterocycles. The highest BCUT2D eigenvalue weighted by atomic mass is 35.5. The van der Waals surface area contributed by atoms with Gasteiger partial charge in [0, 0.05) is 28.7 Å². The van der Waals surface area contributed by atoms with Crippen LogP contribution >= 0.6 is 11.6 Å². The Balaban J connectivity index is 2.14. The lowest BCUT2D eigenvalue weighted by Gasteiger charge is -2.21. The Kier molecular flexibility index (Phi) is 5.23. The normalized spacial score (nSPS) is 11.0. The van der Waals surface area contributed by atoms with Crippen molar-refractivity contribution in [2.45, 2.75) is 19.4 Å². The highest BCUT2D eigenvalue weighted by Crippen LogP contribution is 2.29. The van der Waals surface area contributed by atoms with Crippen molar-refractivity contribution in [2.24, 2.45) is 5.73 Å². The fourth-order valence-electron chi connectivity index (χ4n) is 2.76. The molecule has 1 aromatic heterocycles. The fourth-order valence-corrected chi connectivity index (χ4v) is 2.92. The molecule has 0 aliphatic rings. The van der Waals surface area contributed by atoms with Crippen molar-refractivity contribution in [1.29, 1.82) is 10.8 Å². The number of anilines is 2. The van der Waals surface area contributed by atoms with Crippen LogP contribution in [0.2, 0.25) is 5.02 Å². The van der Waals surface area contributed by atoms with Gasteiger partial charge >= 0.3 is 0 Å². The van der Waals surface area contributed by atoms with Gasteiger partial charge in [-0.05, 0) is 50.2 Å². The predicted molar refractivity (Wildman–Crippen MR) is 114 cm³/mol. The fraction of sp³-hybridized carbons (Fsp3) is 0.190. The number of fused-ring (bicyclic) bond motifs is 1. The van der Waals surface area contributed by atoms with Crippen LogP contribution in [0.1, 0.15) is 19.4 Å². The third kappa shape index (κ3) is 4.06. The zero-order chi connectivity index (χ0) is 20.5. The molecule has 7 heteroatoms. The van der Waals surface area contributed by atoms with Crippen molar-refractivity contribution in [1.82, 2.24) is 9.55 Å². The first-order chi connectivity index (χ1) is 13.2. The molecule has 0 unspecified atom stereocenters. The topological polar surface area (TPSA) is 94.8 Å². The van der Waals surface area contributed by atoms with E-state index in [0.717, 1.165) is 23.0 Å². The number of nitrogens with two attached hydrogens (primary N) is 1. The molecule has 2 aromatic carbocycles. The molecule has 3 aromatic rings. The lowest BCUT2D eigenvalue weighted by Crippen LogP contribution is -2.29. The summed E-state index contributed by atoms with van der Waals surface area (Å²) in [5.74, 6) is 6.72. The van der Waals surface area contributed by atoms with Gasteiger partial charge in [-0.3, -0.25) is 15.4 Å². The van der Waals surface area contributed by atoms with E-state index in [-0.39, 0.29) is 5.62 Å². The molecule has 3 rings (SSSR count). The van der Waals surface area contributed by atoms with Gasteiger partial charge < -0.3 is 10.6 Å². The van der Waals surface area contributed by atoms with E-state index in [1.165, 1.54) is 4.57 Å². The minimum atomic E-state index is -0.571. The monoisotopic (exact) mass is 392 g/mol. The smallest absolute Gasteiger partial charge is 0.229 e. The standard InChI is InChI=1S/C21H21ClN6/c1-21(2,25)10-9-14-5-4-6-16(11-14)27(3)19-17-8-7-15(22)12-18(17)28(13-23)20(24)26-19/h4-8,11-13,23-24H,25H2,1-3H3. The first kappa shape index (κ1) is 19.6. The first-order valence-corrected chi connectivity index (χ1v) is 9.00. The average molecular weight is 393 g/mol. The molecule has 0 spiro atoms. The van der Waals surface area contributed by atoms with Gasteiger partial charge in [0.2, 0.25) is 5.62 Å². The third-order valence-electron chi connectivity index (χ3n) is 4.11. The third-order valence-corrected chi connectivity index (χ3v) is 4.34. The van der Waals surface area contributed by atoms with Gasteiger partial charge in [-0.25, -0.2) is 0 Å². The van der Waals surface area contributed by atoms with Crippen LogP contribution in [-0.2, 0) is 0 Å². The molecule has 0 amide bonds. The number of nitrogens with one attached hydrogen (secondary N) is 2. The summed E-state index contributed by atoms with van der Waals surface area (Å²) < 4.78 is 1.38. The number of hydrogen-bond acceptors (Lipinski definition) is 5. The lowest BCUT2D eigenvalue weighted by molar-refractivity contribution is 0.680. The van der Waals surface area contributed by atoms with Gasteiger partial charge in [-0.15, -0.1) is 0 Å². The SMILES string of the molecule is CN(c1cccc(C#CC(C)(C)N)c1)c1nc(=N)n(C=N)c2cc(Cl)ccc12. The van der Waals surface area contributed by atoms with Gasteiger partial charge in [0.25, 0.3) is 0 Å².